The van der Waals surface area contributed by atoms with E-state index in [9.17, 15) is 9.59 Å². The van der Waals surface area contributed by atoms with Gasteiger partial charge < -0.3 is 10.2 Å². The van der Waals surface area contributed by atoms with E-state index in [-0.39, 0.29) is 17.5 Å². The highest BCUT2D eigenvalue weighted by Crippen LogP contribution is 2.09. The molecule has 5 nitrogen and oxygen atoms in total. The Bertz CT molecular complexity index is 473. The first-order chi connectivity index (χ1) is 9.16. The third kappa shape index (κ3) is 3.92. The number of hydrogen-bond acceptors (Lipinski definition) is 3. The van der Waals surface area contributed by atoms with Gasteiger partial charge in [-0.05, 0) is 25.0 Å². The second-order valence-electron chi connectivity index (χ2n) is 4.45. The van der Waals surface area contributed by atoms with E-state index in [2.05, 4.69) is 10.3 Å². The molecule has 1 saturated heterocycles. The van der Waals surface area contributed by atoms with Crippen molar-refractivity contribution in [3.05, 3.63) is 29.0 Å². The van der Waals surface area contributed by atoms with Gasteiger partial charge in [-0.15, -0.1) is 0 Å². The zero-order valence-electron chi connectivity index (χ0n) is 10.6. The van der Waals surface area contributed by atoms with Crippen molar-refractivity contribution in [2.24, 2.45) is 0 Å². The van der Waals surface area contributed by atoms with Crippen LogP contribution in [0.2, 0.25) is 5.02 Å². The van der Waals surface area contributed by atoms with Crippen LogP contribution >= 0.6 is 11.6 Å². The lowest BCUT2D eigenvalue weighted by Crippen LogP contribution is -2.32. The molecule has 19 heavy (non-hydrogen) atoms. The van der Waals surface area contributed by atoms with Crippen LogP contribution in [-0.2, 0) is 4.79 Å². The monoisotopic (exact) mass is 281 g/mol. The summed E-state index contributed by atoms with van der Waals surface area (Å²) < 4.78 is 0. The van der Waals surface area contributed by atoms with Crippen LogP contribution < -0.4 is 5.32 Å². The topological polar surface area (TPSA) is 62.3 Å². The molecular weight excluding hydrogens is 266 g/mol. The molecule has 0 bridgehead atoms. The molecular formula is C13H16ClN3O2. The molecule has 102 valence electrons. The molecule has 2 amide bonds. The standard InChI is InChI=1S/C13H16ClN3O2/c14-10-3-5-15-11(9-10)13(19)16-6-4-12(18)17-7-1-2-8-17/h3,5,9H,1-2,4,6-8H2,(H,16,19). The second-order valence-corrected chi connectivity index (χ2v) is 4.89. The van der Waals surface area contributed by atoms with Crippen LogP contribution in [0.1, 0.15) is 29.8 Å². The van der Waals surface area contributed by atoms with E-state index in [1.807, 2.05) is 4.90 Å². The first-order valence-electron chi connectivity index (χ1n) is 6.34. The maximum absolute atomic E-state index is 11.8. The third-order valence-corrected chi connectivity index (χ3v) is 3.27. The maximum atomic E-state index is 11.8. The number of rotatable bonds is 4. The largest absolute Gasteiger partial charge is 0.350 e. The van der Waals surface area contributed by atoms with Crippen LogP contribution in [0.5, 0.6) is 0 Å². The first kappa shape index (κ1) is 13.8. The average molecular weight is 282 g/mol. The fourth-order valence-corrected chi connectivity index (χ4v) is 2.19. The van der Waals surface area contributed by atoms with Gasteiger partial charge in [-0.2, -0.15) is 0 Å². The molecule has 0 aromatic carbocycles. The van der Waals surface area contributed by atoms with Gasteiger partial charge in [-0.3, -0.25) is 14.6 Å². The zero-order valence-corrected chi connectivity index (χ0v) is 11.3. The Hall–Kier alpha value is -1.62. The van der Waals surface area contributed by atoms with Crippen molar-refractivity contribution in [3.8, 4) is 0 Å². The Morgan fingerprint density at radius 2 is 2.11 bits per heavy atom. The van der Waals surface area contributed by atoms with Gasteiger partial charge in [0.05, 0.1) is 0 Å². The maximum Gasteiger partial charge on any atom is 0.269 e. The summed E-state index contributed by atoms with van der Waals surface area (Å²) in [5, 5.41) is 3.14. The van der Waals surface area contributed by atoms with Crippen LogP contribution in [-0.4, -0.2) is 41.3 Å². The van der Waals surface area contributed by atoms with E-state index < -0.39 is 0 Å². The molecule has 0 atom stereocenters. The molecule has 1 aromatic rings. The van der Waals surface area contributed by atoms with Crippen LogP contribution in [0.25, 0.3) is 0 Å². The summed E-state index contributed by atoms with van der Waals surface area (Å²) in [4.78, 5) is 29.3. The summed E-state index contributed by atoms with van der Waals surface area (Å²) in [6.45, 7) is 1.99. The highest BCUT2D eigenvalue weighted by molar-refractivity contribution is 6.30. The summed E-state index contributed by atoms with van der Waals surface area (Å²) >= 11 is 5.78. The fraction of sp³-hybridized carbons (Fsp3) is 0.462. The quantitative estimate of drug-likeness (QED) is 0.909. The molecule has 1 N–H and O–H groups in total. The van der Waals surface area contributed by atoms with Crippen LogP contribution in [0.4, 0.5) is 0 Å². The molecule has 1 aliphatic heterocycles. The van der Waals surface area contributed by atoms with Crippen LogP contribution in [0.3, 0.4) is 0 Å². The number of nitrogens with zero attached hydrogens (tertiary/aromatic N) is 2. The first-order valence-corrected chi connectivity index (χ1v) is 6.72. The smallest absolute Gasteiger partial charge is 0.269 e. The molecule has 0 aliphatic carbocycles. The van der Waals surface area contributed by atoms with Crippen molar-refractivity contribution < 1.29 is 9.59 Å². The number of carbonyl (C=O) groups excluding carboxylic acids is 2. The molecule has 2 heterocycles. The molecule has 0 radical (unpaired) electrons. The number of nitrogens with one attached hydrogen (secondary N) is 1. The molecule has 1 aromatic heterocycles. The van der Waals surface area contributed by atoms with Crippen LogP contribution in [0, 0.1) is 0 Å². The second kappa shape index (κ2) is 6.52. The minimum absolute atomic E-state index is 0.0943. The normalized spacial score (nSPS) is 14.5. The molecule has 1 aliphatic rings. The van der Waals surface area contributed by atoms with Gasteiger partial charge in [-0.1, -0.05) is 11.6 Å². The molecule has 0 spiro atoms. The minimum atomic E-state index is -0.309. The van der Waals surface area contributed by atoms with E-state index in [1.54, 1.807) is 6.07 Å². The number of likely N-dealkylation sites (tertiary alicyclic amines) is 1. The average Bonchev–Trinajstić information content (AvgIpc) is 2.92. The van der Waals surface area contributed by atoms with Gasteiger partial charge in [0.25, 0.3) is 5.91 Å². The number of halogens is 1. The van der Waals surface area contributed by atoms with E-state index in [0.29, 0.717) is 18.0 Å². The highest BCUT2D eigenvalue weighted by Gasteiger charge is 2.17. The predicted molar refractivity (Wildman–Crippen MR) is 72.0 cm³/mol. The van der Waals surface area contributed by atoms with E-state index >= 15 is 0 Å². The summed E-state index contributed by atoms with van der Waals surface area (Å²) in [5.74, 6) is -0.214. The van der Waals surface area contributed by atoms with Gasteiger partial charge in [0.2, 0.25) is 5.91 Å². The Balaban J connectivity index is 1.76. The van der Waals surface area contributed by atoms with Crippen molar-refractivity contribution in [1.82, 2.24) is 15.2 Å². The lowest BCUT2D eigenvalue weighted by Gasteiger charge is -2.15. The van der Waals surface area contributed by atoms with Crippen LogP contribution in [0.15, 0.2) is 18.3 Å². The van der Waals surface area contributed by atoms with Crippen molar-refractivity contribution in [2.75, 3.05) is 19.6 Å². The highest BCUT2D eigenvalue weighted by atomic mass is 35.5. The Kier molecular flexibility index (Phi) is 4.74. The lowest BCUT2D eigenvalue weighted by atomic mass is 10.3. The number of hydrogen-bond donors (Lipinski definition) is 1. The summed E-state index contributed by atoms with van der Waals surface area (Å²) in [5.41, 5.74) is 0.265. The number of amides is 2. The number of aromatic nitrogens is 1. The zero-order chi connectivity index (χ0) is 13.7. The molecule has 0 saturated carbocycles. The van der Waals surface area contributed by atoms with Crippen molar-refractivity contribution >= 4 is 23.4 Å². The molecule has 6 heteroatoms. The minimum Gasteiger partial charge on any atom is -0.350 e. The number of pyridine rings is 1. The SMILES string of the molecule is O=C(NCCC(=O)N1CCCC1)c1cc(Cl)ccn1. The number of carbonyl (C=O) groups is 2. The fourth-order valence-electron chi connectivity index (χ4n) is 2.03. The molecule has 1 fully saturated rings. The van der Waals surface area contributed by atoms with Crippen molar-refractivity contribution in [3.63, 3.8) is 0 Å². The Labute approximate surface area is 117 Å². The van der Waals surface area contributed by atoms with Gasteiger partial charge in [-0.25, -0.2) is 0 Å². The van der Waals surface area contributed by atoms with Gasteiger partial charge in [0.15, 0.2) is 0 Å². The van der Waals surface area contributed by atoms with Gasteiger partial charge in [0, 0.05) is 37.3 Å². The van der Waals surface area contributed by atoms with Crippen molar-refractivity contribution in [1.29, 1.82) is 0 Å². The van der Waals surface area contributed by atoms with E-state index in [1.165, 1.54) is 12.3 Å². The van der Waals surface area contributed by atoms with Gasteiger partial charge in [0.1, 0.15) is 5.69 Å². The van der Waals surface area contributed by atoms with Crippen molar-refractivity contribution in [2.45, 2.75) is 19.3 Å². The van der Waals surface area contributed by atoms with E-state index in [4.69, 9.17) is 11.6 Å². The van der Waals surface area contributed by atoms with Gasteiger partial charge >= 0.3 is 0 Å². The third-order valence-electron chi connectivity index (χ3n) is 3.04. The molecule has 2 rings (SSSR count). The Morgan fingerprint density at radius 3 is 2.79 bits per heavy atom. The summed E-state index contributed by atoms with van der Waals surface area (Å²) in [7, 11) is 0. The van der Waals surface area contributed by atoms with E-state index in [0.717, 1.165) is 25.9 Å². The molecule has 0 unspecified atom stereocenters. The summed E-state index contributed by atoms with van der Waals surface area (Å²) in [6, 6.07) is 3.11. The Morgan fingerprint density at radius 1 is 1.37 bits per heavy atom. The summed E-state index contributed by atoms with van der Waals surface area (Å²) in [6.07, 6.45) is 3.95. The predicted octanol–water partition coefficient (Wildman–Crippen LogP) is 1.48. The lowest BCUT2D eigenvalue weighted by molar-refractivity contribution is -0.129.